The van der Waals surface area contributed by atoms with Gasteiger partial charge in [-0.2, -0.15) is 0 Å². The maximum Gasteiger partial charge on any atom is 0.277 e. The van der Waals surface area contributed by atoms with Gasteiger partial charge in [0, 0.05) is 11.6 Å². The van der Waals surface area contributed by atoms with E-state index in [9.17, 15) is 19.7 Å². The number of benzene rings is 1. The van der Waals surface area contributed by atoms with Crippen LogP contribution in [-0.4, -0.2) is 16.5 Å². The first kappa shape index (κ1) is 11.9. The van der Waals surface area contributed by atoms with Gasteiger partial charge in [-0.25, -0.2) is 0 Å². The van der Waals surface area contributed by atoms with Crippen molar-refractivity contribution in [1.29, 1.82) is 0 Å². The number of aryl methyl sites for hydroxylation is 1. The van der Waals surface area contributed by atoms with E-state index >= 15 is 0 Å². The van der Waals surface area contributed by atoms with Crippen LogP contribution >= 0.6 is 0 Å². The number of ketones is 2. The summed E-state index contributed by atoms with van der Waals surface area (Å²) in [7, 11) is 0. The molecule has 0 atom stereocenters. The summed E-state index contributed by atoms with van der Waals surface area (Å²) in [5.41, 5.74) is 0.788. The lowest BCUT2D eigenvalue weighted by Gasteiger charge is -2.08. The van der Waals surface area contributed by atoms with Crippen LogP contribution in [0, 0.1) is 17.0 Å². The highest BCUT2D eigenvalue weighted by atomic mass is 16.6. The Hall–Kier alpha value is -2.56. The lowest BCUT2D eigenvalue weighted by Crippen LogP contribution is -2.08. The summed E-state index contributed by atoms with van der Waals surface area (Å²) in [4.78, 5) is 33.3. The fourth-order valence-electron chi connectivity index (χ4n) is 1.74. The van der Waals surface area contributed by atoms with Gasteiger partial charge in [0.05, 0.1) is 10.5 Å². The number of rotatable bonds is 2. The zero-order valence-corrected chi connectivity index (χ0v) is 9.54. The molecule has 0 heterocycles. The molecule has 5 heteroatoms. The number of allylic oxidation sites excluding steroid dienone is 4. The van der Waals surface area contributed by atoms with E-state index in [0.29, 0.717) is 0 Å². The molecule has 0 saturated heterocycles. The molecule has 0 fully saturated rings. The van der Waals surface area contributed by atoms with Gasteiger partial charge in [-0.3, -0.25) is 19.7 Å². The number of nitro benzene ring substituents is 1. The highest BCUT2D eigenvalue weighted by Gasteiger charge is 2.23. The maximum atomic E-state index is 11.7. The molecule has 0 radical (unpaired) electrons. The Bertz CT molecular complexity index is 626. The summed E-state index contributed by atoms with van der Waals surface area (Å²) in [6.45, 7) is 1.72. The first-order chi connectivity index (χ1) is 8.49. The number of hydrogen-bond donors (Lipinski definition) is 0. The summed E-state index contributed by atoms with van der Waals surface area (Å²) in [5.74, 6) is -0.749. The molecule has 0 spiro atoms. The summed E-state index contributed by atoms with van der Waals surface area (Å²) < 4.78 is 0. The molecule has 1 aliphatic rings. The van der Waals surface area contributed by atoms with Crippen LogP contribution in [-0.2, 0) is 9.59 Å². The van der Waals surface area contributed by atoms with Crippen molar-refractivity contribution < 1.29 is 14.5 Å². The van der Waals surface area contributed by atoms with Crippen LogP contribution in [0.2, 0.25) is 0 Å². The van der Waals surface area contributed by atoms with Gasteiger partial charge in [0.25, 0.3) is 5.69 Å². The lowest BCUT2D eigenvalue weighted by molar-refractivity contribution is -0.385. The third-order valence-electron chi connectivity index (χ3n) is 2.59. The Labute approximate surface area is 103 Å². The molecule has 1 aromatic rings. The Morgan fingerprint density at radius 2 is 1.89 bits per heavy atom. The molecular weight excluding hydrogens is 234 g/mol. The van der Waals surface area contributed by atoms with Crippen molar-refractivity contribution in [2.75, 3.05) is 0 Å². The molecule has 0 aromatic heterocycles. The normalized spacial score (nSPS) is 14.6. The van der Waals surface area contributed by atoms with Gasteiger partial charge in [0.15, 0.2) is 11.6 Å². The SMILES string of the molecule is Cc1ccc(C2=CC(=O)C=CC2=O)c([N+](=O)[O-])c1. The Balaban J connectivity index is 2.61. The number of nitrogens with zero attached hydrogens (tertiary/aromatic N) is 1. The number of nitro groups is 1. The predicted molar refractivity (Wildman–Crippen MR) is 65.0 cm³/mol. The summed E-state index contributed by atoms with van der Waals surface area (Å²) in [6, 6.07) is 4.54. The van der Waals surface area contributed by atoms with E-state index < -0.39 is 10.7 Å². The molecule has 90 valence electrons. The minimum Gasteiger partial charge on any atom is -0.290 e. The van der Waals surface area contributed by atoms with Gasteiger partial charge >= 0.3 is 0 Å². The van der Waals surface area contributed by atoms with Crippen molar-refractivity contribution in [2.45, 2.75) is 6.92 Å². The van der Waals surface area contributed by atoms with Crippen LogP contribution < -0.4 is 0 Å². The van der Waals surface area contributed by atoms with Gasteiger partial charge in [0.2, 0.25) is 0 Å². The topological polar surface area (TPSA) is 77.3 Å². The zero-order chi connectivity index (χ0) is 13.3. The van der Waals surface area contributed by atoms with E-state index in [1.165, 1.54) is 12.1 Å². The Morgan fingerprint density at radius 1 is 1.17 bits per heavy atom. The summed E-state index contributed by atoms with van der Waals surface area (Å²) in [5, 5.41) is 11.0. The molecule has 1 aromatic carbocycles. The highest BCUT2D eigenvalue weighted by Crippen LogP contribution is 2.29. The molecule has 2 rings (SSSR count). The average molecular weight is 243 g/mol. The van der Waals surface area contributed by atoms with Crippen LogP contribution in [0.25, 0.3) is 5.57 Å². The Kier molecular flexibility index (Phi) is 2.89. The molecule has 0 saturated carbocycles. The Morgan fingerprint density at radius 3 is 2.56 bits per heavy atom. The van der Waals surface area contributed by atoms with Crippen molar-refractivity contribution in [1.82, 2.24) is 0 Å². The quantitative estimate of drug-likeness (QED) is 0.452. The fourth-order valence-corrected chi connectivity index (χ4v) is 1.74. The molecule has 0 aliphatic heterocycles. The number of carbonyl (C=O) groups is 2. The van der Waals surface area contributed by atoms with Crippen LogP contribution in [0.15, 0.2) is 36.4 Å². The second-order valence-electron chi connectivity index (χ2n) is 3.94. The molecule has 0 unspecified atom stereocenters. The molecular formula is C13H9NO4. The third kappa shape index (κ3) is 2.10. The minimum atomic E-state index is -0.556. The van der Waals surface area contributed by atoms with E-state index in [4.69, 9.17) is 0 Å². The van der Waals surface area contributed by atoms with Gasteiger partial charge < -0.3 is 0 Å². The van der Waals surface area contributed by atoms with E-state index in [-0.39, 0.29) is 22.6 Å². The minimum absolute atomic E-state index is 0.0641. The van der Waals surface area contributed by atoms with Crippen molar-refractivity contribution in [3.8, 4) is 0 Å². The van der Waals surface area contributed by atoms with Crippen molar-refractivity contribution in [3.05, 3.63) is 57.7 Å². The summed E-state index contributed by atoms with van der Waals surface area (Å²) in [6.07, 6.45) is 3.40. The van der Waals surface area contributed by atoms with E-state index in [1.807, 2.05) is 0 Å². The van der Waals surface area contributed by atoms with Crippen LogP contribution in [0.1, 0.15) is 11.1 Å². The molecule has 18 heavy (non-hydrogen) atoms. The predicted octanol–water partition coefficient (Wildman–Crippen LogP) is 1.99. The number of carbonyl (C=O) groups excluding carboxylic acids is 2. The highest BCUT2D eigenvalue weighted by molar-refractivity contribution is 6.34. The molecule has 0 bridgehead atoms. The van der Waals surface area contributed by atoms with Gasteiger partial charge in [-0.15, -0.1) is 0 Å². The van der Waals surface area contributed by atoms with E-state index in [0.717, 1.165) is 23.8 Å². The van der Waals surface area contributed by atoms with E-state index in [1.54, 1.807) is 13.0 Å². The van der Waals surface area contributed by atoms with Crippen LogP contribution in [0.3, 0.4) is 0 Å². The second kappa shape index (κ2) is 4.37. The summed E-state index contributed by atoms with van der Waals surface area (Å²) >= 11 is 0. The van der Waals surface area contributed by atoms with Crippen molar-refractivity contribution in [3.63, 3.8) is 0 Å². The van der Waals surface area contributed by atoms with Crippen LogP contribution in [0.4, 0.5) is 5.69 Å². The standard InChI is InChI=1S/C13H9NO4/c1-8-2-4-10(12(6-8)14(17)18)11-7-9(15)3-5-13(11)16/h2-7H,1H3. The van der Waals surface area contributed by atoms with Gasteiger partial charge in [-0.1, -0.05) is 6.07 Å². The van der Waals surface area contributed by atoms with Crippen molar-refractivity contribution in [2.24, 2.45) is 0 Å². The molecule has 0 amide bonds. The molecule has 5 nitrogen and oxygen atoms in total. The van der Waals surface area contributed by atoms with Gasteiger partial charge in [0.1, 0.15) is 0 Å². The van der Waals surface area contributed by atoms with Crippen LogP contribution in [0.5, 0.6) is 0 Å². The monoisotopic (exact) mass is 243 g/mol. The maximum absolute atomic E-state index is 11.7. The average Bonchev–Trinajstić information content (AvgIpc) is 2.32. The second-order valence-corrected chi connectivity index (χ2v) is 3.94. The van der Waals surface area contributed by atoms with E-state index in [2.05, 4.69) is 0 Å². The fraction of sp³-hybridized carbons (Fsp3) is 0.0769. The first-order valence-corrected chi connectivity index (χ1v) is 5.22. The largest absolute Gasteiger partial charge is 0.290 e. The van der Waals surface area contributed by atoms with Crippen molar-refractivity contribution >= 4 is 22.8 Å². The molecule has 1 aliphatic carbocycles. The molecule has 0 N–H and O–H groups in total. The lowest BCUT2D eigenvalue weighted by atomic mass is 9.94. The van der Waals surface area contributed by atoms with Gasteiger partial charge in [-0.05, 0) is 36.8 Å². The smallest absolute Gasteiger partial charge is 0.277 e. The zero-order valence-electron chi connectivity index (χ0n) is 9.54. The number of hydrogen-bond acceptors (Lipinski definition) is 4. The third-order valence-corrected chi connectivity index (χ3v) is 2.59. The first-order valence-electron chi connectivity index (χ1n) is 5.22.